The van der Waals surface area contributed by atoms with Gasteiger partial charge >= 0.3 is 0 Å². The smallest absolute Gasteiger partial charge is 0.116 e. The van der Waals surface area contributed by atoms with E-state index in [9.17, 15) is 5.11 Å². The van der Waals surface area contributed by atoms with Gasteiger partial charge in [-0.2, -0.15) is 0 Å². The highest BCUT2D eigenvalue weighted by atomic mass is 16.3. The first-order valence-electron chi connectivity index (χ1n) is 6.22. The Balaban J connectivity index is 2.62. The van der Waals surface area contributed by atoms with Crippen molar-refractivity contribution in [2.75, 3.05) is 0 Å². The van der Waals surface area contributed by atoms with Gasteiger partial charge in [0.15, 0.2) is 0 Å². The van der Waals surface area contributed by atoms with E-state index >= 15 is 0 Å². The van der Waals surface area contributed by atoms with Gasteiger partial charge in [0.1, 0.15) is 5.76 Å². The molecule has 3 rings (SSSR count). The summed E-state index contributed by atoms with van der Waals surface area (Å²) in [4.78, 5) is 0. The molecule has 0 aliphatic heterocycles. The number of aliphatic hydroxyl groups is 1. The predicted octanol–water partition coefficient (Wildman–Crippen LogP) is 3.07. The highest BCUT2D eigenvalue weighted by Crippen LogP contribution is 2.30. The van der Waals surface area contributed by atoms with E-state index in [4.69, 9.17) is 0 Å². The van der Waals surface area contributed by atoms with Gasteiger partial charge in [0.25, 0.3) is 0 Å². The summed E-state index contributed by atoms with van der Waals surface area (Å²) in [7, 11) is 0. The Kier molecular flexibility index (Phi) is 2.30. The van der Waals surface area contributed by atoms with Gasteiger partial charge in [-0.25, -0.2) is 0 Å². The van der Waals surface area contributed by atoms with Gasteiger partial charge in [-0.1, -0.05) is 50.4 Å². The molecule has 0 saturated carbocycles. The number of benzene rings is 2. The molecule has 0 saturated heterocycles. The van der Waals surface area contributed by atoms with Gasteiger partial charge in [-0.15, -0.1) is 0 Å². The van der Waals surface area contributed by atoms with Crippen molar-refractivity contribution in [2.45, 2.75) is 19.3 Å². The average Bonchev–Trinajstić information content (AvgIpc) is 2.36. The van der Waals surface area contributed by atoms with Gasteiger partial charge in [-0.05, 0) is 33.7 Å². The lowest BCUT2D eigenvalue weighted by atomic mass is 9.85. The van der Waals surface area contributed by atoms with Crippen LogP contribution < -0.4 is 10.4 Å². The van der Waals surface area contributed by atoms with Crippen molar-refractivity contribution >= 4 is 29.2 Å². The van der Waals surface area contributed by atoms with E-state index in [1.807, 2.05) is 12.1 Å². The lowest BCUT2D eigenvalue weighted by Crippen LogP contribution is -2.18. The first-order chi connectivity index (χ1) is 8.59. The largest absolute Gasteiger partial charge is 0.508 e. The second-order valence-corrected chi connectivity index (χ2v) is 5.05. The standard InChI is InChI=1S/C17H16O/c1-10-4-6-13-7-5-11(2)16-15(12(3)18)9-8-14(10)17(13)16/h5-10,18H,2-4H2,1H3. The number of rotatable bonds is 1. The molecule has 0 radical (unpaired) electrons. The first-order valence-corrected chi connectivity index (χ1v) is 6.22. The van der Waals surface area contributed by atoms with E-state index in [-0.39, 0.29) is 5.76 Å². The van der Waals surface area contributed by atoms with Crippen LogP contribution in [0.25, 0.3) is 29.2 Å². The van der Waals surface area contributed by atoms with E-state index in [1.165, 1.54) is 16.2 Å². The summed E-state index contributed by atoms with van der Waals surface area (Å²) >= 11 is 0. The molecule has 0 heterocycles. The Labute approximate surface area is 106 Å². The van der Waals surface area contributed by atoms with Crippen molar-refractivity contribution in [3.05, 3.63) is 52.4 Å². The van der Waals surface area contributed by atoms with E-state index < -0.39 is 0 Å². The maximum atomic E-state index is 9.75. The predicted molar refractivity (Wildman–Crippen MR) is 77.9 cm³/mol. The highest BCUT2D eigenvalue weighted by Gasteiger charge is 2.16. The Morgan fingerprint density at radius 2 is 2.00 bits per heavy atom. The van der Waals surface area contributed by atoms with E-state index in [2.05, 4.69) is 38.3 Å². The average molecular weight is 236 g/mol. The zero-order valence-electron chi connectivity index (χ0n) is 10.5. The molecule has 2 aromatic carbocycles. The van der Waals surface area contributed by atoms with E-state index in [0.717, 1.165) is 22.6 Å². The summed E-state index contributed by atoms with van der Waals surface area (Å²) in [6.07, 6.45) is 3.33. The van der Waals surface area contributed by atoms with Gasteiger partial charge in [0, 0.05) is 10.9 Å². The maximum absolute atomic E-state index is 9.75. The minimum atomic E-state index is 0.113. The molecular weight excluding hydrogens is 220 g/mol. The first kappa shape index (κ1) is 11.1. The zero-order chi connectivity index (χ0) is 12.9. The summed E-state index contributed by atoms with van der Waals surface area (Å²) in [5.41, 5.74) is 2.14. The van der Waals surface area contributed by atoms with Crippen molar-refractivity contribution in [1.82, 2.24) is 0 Å². The van der Waals surface area contributed by atoms with Gasteiger partial charge in [0.2, 0.25) is 0 Å². The van der Waals surface area contributed by atoms with Crippen LogP contribution in [0.5, 0.6) is 0 Å². The van der Waals surface area contributed by atoms with Crippen LogP contribution in [-0.4, -0.2) is 5.11 Å². The number of hydrogen-bond donors (Lipinski definition) is 1. The van der Waals surface area contributed by atoms with Crippen molar-refractivity contribution in [2.24, 2.45) is 0 Å². The van der Waals surface area contributed by atoms with Crippen molar-refractivity contribution in [3.63, 3.8) is 0 Å². The SMILES string of the molecule is C=C(O)c1ccc2c3c(ccc(=C)c13)=CCC2C. The monoisotopic (exact) mass is 236 g/mol. The molecule has 1 heteroatoms. The van der Waals surface area contributed by atoms with Crippen LogP contribution >= 0.6 is 0 Å². The Morgan fingerprint density at radius 1 is 1.22 bits per heavy atom. The molecule has 0 fully saturated rings. The summed E-state index contributed by atoms with van der Waals surface area (Å²) in [5, 5.41) is 14.2. The third-order valence-electron chi connectivity index (χ3n) is 3.84. The lowest BCUT2D eigenvalue weighted by Gasteiger charge is -2.20. The minimum absolute atomic E-state index is 0.113. The molecule has 90 valence electrons. The fourth-order valence-corrected chi connectivity index (χ4v) is 2.87. The Hall–Kier alpha value is -2.02. The van der Waals surface area contributed by atoms with Crippen molar-refractivity contribution in [1.29, 1.82) is 0 Å². The summed E-state index contributed by atoms with van der Waals surface area (Å²) in [5.74, 6) is 0.629. The normalized spacial score (nSPS) is 17.5. The fourth-order valence-electron chi connectivity index (χ4n) is 2.87. The van der Waals surface area contributed by atoms with E-state index in [0.29, 0.717) is 5.92 Å². The second-order valence-electron chi connectivity index (χ2n) is 5.05. The van der Waals surface area contributed by atoms with Crippen LogP contribution in [0.1, 0.15) is 30.4 Å². The molecule has 0 spiro atoms. The van der Waals surface area contributed by atoms with Crippen LogP contribution in [0.15, 0.2) is 30.8 Å². The Bertz CT molecular complexity index is 768. The number of aliphatic hydroxyl groups excluding tert-OH is 1. The second kappa shape index (κ2) is 3.74. The zero-order valence-corrected chi connectivity index (χ0v) is 10.5. The van der Waals surface area contributed by atoms with Crippen LogP contribution in [0, 0.1) is 0 Å². The quantitative estimate of drug-likeness (QED) is 0.754. The molecule has 1 atom stereocenters. The van der Waals surface area contributed by atoms with Gasteiger partial charge in [0.05, 0.1) is 0 Å². The molecular formula is C17H16O. The Morgan fingerprint density at radius 3 is 2.72 bits per heavy atom. The van der Waals surface area contributed by atoms with E-state index in [1.54, 1.807) is 0 Å². The van der Waals surface area contributed by atoms with Crippen LogP contribution in [0.3, 0.4) is 0 Å². The fraction of sp³-hybridized carbons (Fsp3) is 0.176. The van der Waals surface area contributed by atoms with Crippen molar-refractivity contribution < 1.29 is 5.11 Å². The minimum Gasteiger partial charge on any atom is -0.508 e. The molecule has 1 aliphatic carbocycles. The van der Waals surface area contributed by atoms with Crippen LogP contribution in [0.2, 0.25) is 0 Å². The summed E-state index contributed by atoms with van der Waals surface area (Å²) < 4.78 is 0. The van der Waals surface area contributed by atoms with Gasteiger partial charge < -0.3 is 5.11 Å². The third-order valence-corrected chi connectivity index (χ3v) is 3.84. The highest BCUT2D eigenvalue weighted by molar-refractivity contribution is 5.96. The molecule has 2 aromatic rings. The molecule has 1 aliphatic rings. The topological polar surface area (TPSA) is 20.2 Å². The van der Waals surface area contributed by atoms with Crippen molar-refractivity contribution in [3.8, 4) is 0 Å². The molecule has 1 unspecified atom stereocenters. The lowest BCUT2D eigenvalue weighted by molar-refractivity contribution is 0.514. The summed E-state index contributed by atoms with van der Waals surface area (Å²) in [6.45, 7) is 9.98. The third kappa shape index (κ3) is 1.40. The summed E-state index contributed by atoms with van der Waals surface area (Å²) in [6, 6.07) is 8.20. The molecule has 1 nitrogen and oxygen atoms in total. The number of hydrogen-bond acceptors (Lipinski definition) is 1. The van der Waals surface area contributed by atoms with Crippen LogP contribution in [0.4, 0.5) is 0 Å². The molecule has 18 heavy (non-hydrogen) atoms. The maximum Gasteiger partial charge on any atom is 0.116 e. The van der Waals surface area contributed by atoms with Gasteiger partial charge in [-0.3, -0.25) is 0 Å². The molecule has 1 N–H and O–H groups in total. The molecule has 0 aromatic heterocycles. The molecule has 0 amide bonds. The van der Waals surface area contributed by atoms with Crippen LogP contribution in [-0.2, 0) is 0 Å². The molecule has 0 bridgehead atoms.